The van der Waals surface area contributed by atoms with Gasteiger partial charge in [-0.05, 0) is 17.5 Å². The van der Waals surface area contributed by atoms with Crippen LogP contribution in [0.4, 0.5) is 0 Å². The van der Waals surface area contributed by atoms with Crippen LogP contribution in [0.1, 0.15) is 31.0 Å². The average molecular weight is 200 g/mol. The number of pyridine rings is 1. The lowest BCUT2D eigenvalue weighted by atomic mass is 10.1. The Balaban J connectivity index is 0.00000144. The summed E-state index contributed by atoms with van der Waals surface area (Å²) in [4.78, 5) is 4.05. The minimum Gasteiger partial charge on any atom is -0.382 e. The quantitative estimate of drug-likeness (QED) is 0.565. The molecule has 3 nitrogen and oxygen atoms in total. The Hall–Kier alpha value is -1.09. The van der Waals surface area contributed by atoms with E-state index in [0.29, 0.717) is 11.6 Å². The Morgan fingerprint density at radius 1 is 1.46 bits per heavy atom. The van der Waals surface area contributed by atoms with E-state index in [1.54, 1.807) is 12.3 Å². The highest BCUT2D eigenvalue weighted by molar-refractivity contribution is 5.92. The van der Waals surface area contributed by atoms with Gasteiger partial charge in [0.15, 0.2) is 0 Å². The Morgan fingerprint density at radius 3 is 2.38 bits per heavy atom. The van der Waals surface area contributed by atoms with Gasteiger partial charge in [0, 0.05) is 6.20 Å². The fraction of sp³-hybridized carbons (Fsp3) is 0.333. The molecule has 1 aromatic rings. The third-order valence-corrected chi connectivity index (χ3v) is 1.73. The number of aromatic nitrogens is 1. The van der Waals surface area contributed by atoms with Crippen molar-refractivity contribution < 1.29 is 0 Å². The van der Waals surface area contributed by atoms with Gasteiger partial charge in [0.1, 0.15) is 11.5 Å². The van der Waals surface area contributed by atoms with E-state index < -0.39 is 0 Å². The van der Waals surface area contributed by atoms with Crippen molar-refractivity contribution in [3.63, 3.8) is 0 Å². The van der Waals surface area contributed by atoms with Crippen LogP contribution in [0.15, 0.2) is 18.3 Å². The van der Waals surface area contributed by atoms with Crippen molar-refractivity contribution in [3.8, 4) is 0 Å². The predicted octanol–water partition coefficient (Wildman–Crippen LogP) is 1.91. The monoisotopic (exact) mass is 199 g/mol. The summed E-state index contributed by atoms with van der Waals surface area (Å²) in [6.45, 7) is 4.20. The molecular formula is C9H14ClN3. The van der Waals surface area contributed by atoms with Crippen molar-refractivity contribution in [1.82, 2.24) is 4.98 Å². The second-order valence-electron chi connectivity index (χ2n) is 3.05. The molecule has 3 N–H and O–H groups in total. The summed E-state index contributed by atoms with van der Waals surface area (Å²) in [5.41, 5.74) is 6.97. The Kier molecular flexibility index (Phi) is 4.42. The second kappa shape index (κ2) is 4.82. The zero-order valence-electron chi connectivity index (χ0n) is 7.74. The fourth-order valence-corrected chi connectivity index (χ4v) is 0.906. The van der Waals surface area contributed by atoms with Crippen LogP contribution in [0.25, 0.3) is 0 Å². The second-order valence-corrected chi connectivity index (χ2v) is 3.05. The van der Waals surface area contributed by atoms with E-state index in [1.807, 2.05) is 6.07 Å². The molecule has 1 rings (SSSR count). The number of hydrogen-bond donors (Lipinski definition) is 2. The number of nitrogen functional groups attached to an aromatic ring is 1. The van der Waals surface area contributed by atoms with Crippen molar-refractivity contribution >= 4 is 18.2 Å². The molecule has 0 radical (unpaired) electrons. The lowest BCUT2D eigenvalue weighted by Crippen LogP contribution is -2.12. The van der Waals surface area contributed by atoms with E-state index in [2.05, 4.69) is 18.8 Å². The molecule has 0 spiro atoms. The molecule has 0 aliphatic heterocycles. The molecule has 1 heterocycles. The van der Waals surface area contributed by atoms with Crippen molar-refractivity contribution in [2.75, 3.05) is 0 Å². The highest BCUT2D eigenvalue weighted by atomic mass is 35.5. The SMILES string of the molecule is CC(C)c1ccc(C(=N)N)nc1.Cl. The molecule has 13 heavy (non-hydrogen) atoms. The largest absolute Gasteiger partial charge is 0.382 e. The Morgan fingerprint density at radius 2 is 2.08 bits per heavy atom. The van der Waals surface area contributed by atoms with E-state index in [1.165, 1.54) is 5.56 Å². The maximum atomic E-state index is 7.13. The number of halogens is 1. The van der Waals surface area contributed by atoms with Crippen LogP contribution in [0.3, 0.4) is 0 Å². The van der Waals surface area contributed by atoms with E-state index >= 15 is 0 Å². The van der Waals surface area contributed by atoms with Crippen molar-refractivity contribution in [2.45, 2.75) is 19.8 Å². The summed E-state index contributed by atoms with van der Waals surface area (Å²) in [5.74, 6) is 0.490. The Labute approximate surface area is 84.3 Å². The smallest absolute Gasteiger partial charge is 0.141 e. The summed E-state index contributed by atoms with van der Waals surface area (Å²) in [5, 5.41) is 7.13. The molecule has 0 aliphatic rings. The summed E-state index contributed by atoms with van der Waals surface area (Å²) in [7, 11) is 0. The molecule has 4 heteroatoms. The van der Waals surface area contributed by atoms with Crippen LogP contribution in [0, 0.1) is 5.41 Å². The maximum absolute atomic E-state index is 7.13. The first-order chi connectivity index (χ1) is 5.61. The molecule has 0 saturated heterocycles. The number of hydrogen-bond acceptors (Lipinski definition) is 2. The molecule has 0 bridgehead atoms. The van der Waals surface area contributed by atoms with Gasteiger partial charge in [-0.25, -0.2) is 0 Å². The van der Waals surface area contributed by atoms with E-state index in [9.17, 15) is 0 Å². The van der Waals surface area contributed by atoms with E-state index in [0.717, 1.165) is 0 Å². The fourth-order valence-electron chi connectivity index (χ4n) is 0.906. The van der Waals surface area contributed by atoms with Gasteiger partial charge >= 0.3 is 0 Å². The van der Waals surface area contributed by atoms with Crippen LogP contribution in [-0.2, 0) is 0 Å². The zero-order valence-corrected chi connectivity index (χ0v) is 8.56. The molecule has 0 fully saturated rings. The molecule has 0 atom stereocenters. The van der Waals surface area contributed by atoms with Crippen LogP contribution >= 0.6 is 12.4 Å². The first kappa shape index (κ1) is 11.9. The molecule has 0 aromatic carbocycles. The van der Waals surface area contributed by atoms with Gasteiger partial charge in [-0.1, -0.05) is 19.9 Å². The van der Waals surface area contributed by atoms with E-state index in [4.69, 9.17) is 11.1 Å². The van der Waals surface area contributed by atoms with Gasteiger partial charge in [-0.2, -0.15) is 0 Å². The average Bonchev–Trinajstić information content (AvgIpc) is 2.04. The molecule has 0 unspecified atom stereocenters. The van der Waals surface area contributed by atoms with Gasteiger partial charge in [-0.3, -0.25) is 10.4 Å². The summed E-state index contributed by atoms with van der Waals surface area (Å²) in [6.07, 6.45) is 1.77. The first-order valence-corrected chi connectivity index (χ1v) is 3.91. The van der Waals surface area contributed by atoms with Crippen LogP contribution in [-0.4, -0.2) is 10.8 Å². The topological polar surface area (TPSA) is 62.8 Å². The molecule has 1 aromatic heterocycles. The highest BCUT2D eigenvalue weighted by Gasteiger charge is 2.00. The number of rotatable bonds is 2. The lowest BCUT2D eigenvalue weighted by molar-refractivity contribution is 0.857. The summed E-state index contributed by atoms with van der Waals surface area (Å²) in [6, 6.07) is 3.73. The first-order valence-electron chi connectivity index (χ1n) is 3.91. The van der Waals surface area contributed by atoms with E-state index in [-0.39, 0.29) is 18.2 Å². The third kappa shape index (κ3) is 3.03. The lowest BCUT2D eigenvalue weighted by Gasteiger charge is -2.04. The van der Waals surface area contributed by atoms with Gasteiger partial charge in [0.25, 0.3) is 0 Å². The molecule has 0 aliphatic carbocycles. The Bertz CT molecular complexity index is 279. The van der Waals surface area contributed by atoms with Crippen molar-refractivity contribution in [3.05, 3.63) is 29.6 Å². The predicted molar refractivity (Wildman–Crippen MR) is 56.6 cm³/mol. The molecule has 0 amide bonds. The standard InChI is InChI=1S/C9H13N3.ClH/c1-6(2)7-3-4-8(9(10)11)12-5-7;/h3-6H,1-2H3,(H3,10,11);1H. The number of amidine groups is 1. The number of nitrogens with one attached hydrogen (secondary N) is 1. The molecule has 0 saturated carbocycles. The van der Waals surface area contributed by atoms with Gasteiger partial charge in [0.2, 0.25) is 0 Å². The van der Waals surface area contributed by atoms with Crippen molar-refractivity contribution in [2.24, 2.45) is 5.73 Å². The number of nitrogens with two attached hydrogens (primary N) is 1. The normalized spacial score (nSPS) is 9.46. The third-order valence-electron chi connectivity index (χ3n) is 1.73. The number of nitrogens with zero attached hydrogens (tertiary/aromatic N) is 1. The van der Waals surface area contributed by atoms with Gasteiger partial charge in [0.05, 0.1) is 0 Å². The van der Waals surface area contributed by atoms with Crippen molar-refractivity contribution in [1.29, 1.82) is 5.41 Å². The van der Waals surface area contributed by atoms with Gasteiger partial charge < -0.3 is 5.73 Å². The molecular weight excluding hydrogens is 186 g/mol. The van der Waals surface area contributed by atoms with Crippen LogP contribution in [0.5, 0.6) is 0 Å². The van der Waals surface area contributed by atoms with Gasteiger partial charge in [-0.15, -0.1) is 12.4 Å². The minimum atomic E-state index is 0. The highest BCUT2D eigenvalue weighted by Crippen LogP contribution is 2.12. The zero-order chi connectivity index (χ0) is 9.14. The molecule has 72 valence electrons. The minimum absolute atomic E-state index is 0. The maximum Gasteiger partial charge on any atom is 0.141 e. The van der Waals surface area contributed by atoms with Crippen LogP contribution in [0.2, 0.25) is 0 Å². The summed E-state index contributed by atoms with van der Waals surface area (Å²) >= 11 is 0. The van der Waals surface area contributed by atoms with Crippen LogP contribution < -0.4 is 5.73 Å². The summed E-state index contributed by atoms with van der Waals surface area (Å²) < 4.78 is 0.